The number of methoxy groups -OCH3 is 2. The van der Waals surface area contributed by atoms with Gasteiger partial charge in [0.2, 0.25) is 11.8 Å². The van der Waals surface area contributed by atoms with Crippen LogP contribution in [-0.2, 0) is 14.3 Å². The second-order valence-corrected chi connectivity index (χ2v) is 6.23. The lowest BCUT2D eigenvalue weighted by molar-refractivity contribution is -0.122. The van der Waals surface area contributed by atoms with Gasteiger partial charge in [-0.25, -0.2) is 4.79 Å². The van der Waals surface area contributed by atoms with Gasteiger partial charge in [0.05, 0.1) is 31.6 Å². The van der Waals surface area contributed by atoms with Crippen molar-refractivity contribution < 1.29 is 23.9 Å². The molecule has 2 aromatic rings. The molecule has 0 radical (unpaired) electrons. The van der Waals surface area contributed by atoms with Crippen molar-refractivity contribution in [1.82, 2.24) is 0 Å². The number of carbonyl (C=O) groups excluding carboxylic acids is 3. The fraction of sp³-hybridized carbons (Fsp3) is 0.250. The van der Waals surface area contributed by atoms with Crippen LogP contribution in [0.2, 0.25) is 0 Å². The van der Waals surface area contributed by atoms with Crippen LogP contribution in [0.15, 0.2) is 48.5 Å². The van der Waals surface area contributed by atoms with E-state index in [1.54, 1.807) is 55.6 Å². The van der Waals surface area contributed by atoms with E-state index < -0.39 is 5.97 Å². The molecule has 0 spiro atoms. The molecule has 0 aliphatic heterocycles. The fourth-order valence-corrected chi connectivity index (χ4v) is 2.75. The molecule has 1 aliphatic rings. The topological polar surface area (TPSA) is 93.7 Å². The summed E-state index contributed by atoms with van der Waals surface area (Å²) in [5.41, 5.74) is 1.59. The van der Waals surface area contributed by atoms with E-state index in [1.165, 1.54) is 7.11 Å². The molecule has 7 nitrogen and oxygen atoms in total. The van der Waals surface area contributed by atoms with Crippen LogP contribution in [0.5, 0.6) is 5.75 Å². The maximum absolute atomic E-state index is 12.3. The van der Waals surface area contributed by atoms with Crippen molar-refractivity contribution >= 4 is 29.2 Å². The number of anilines is 2. The molecule has 2 unspecified atom stereocenters. The summed E-state index contributed by atoms with van der Waals surface area (Å²) in [6.45, 7) is 0. The van der Waals surface area contributed by atoms with E-state index in [0.29, 0.717) is 29.1 Å². The number of hydrogen-bond acceptors (Lipinski definition) is 5. The summed E-state index contributed by atoms with van der Waals surface area (Å²) in [5.74, 6) is -0.921. The molecule has 27 heavy (non-hydrogen) atoms. The van der Waals surface area contributed by atoms with Crippen molar-refractivity contribution in [2.45, 2.75) is 6.42 Å². The molecule has 1 saturated carbocycles. The van der Waals surface area contributed by atoms with Crippen LogP contribution in [0.1, 0.15) is 16.8 Å². The molecule has 2 N–H and O–H groups in total. The highest BCUT2D eigenvalue weighted by Crippen LogP contribution is 2.40. The lowest BCUT2D eigenvalue weighted by atomic mass is 10.2. The molecular formula is C20H20N2O5. The first kappa shape index (κ1) is 18.4. The quantitative estimate of drug-likeness (QED) is 0.765. The van der Waals surface area contributed by atoms with Gasteiger partial charge in [-0.1, -0.05) is 6.07 Å². The zero-order valence-electron chi connectivity index (χ0n) is 15.0. The lowest BCUT2D eigenvalue weighted by Gasteiger charge is -2.08. The summed E-state index contributed by atoms with van der Waals surface area (Å²) in [6, 6.07) is 13.4. The van der Waals surface area contributed by atoms with Crippen LogP contribution >= 0.6 is 0 Å². The number of ether oxygens (including phenoxy) is 2. The van der Waals surface area contributed by atoms with Gasteiger partial charge in [0, 0.05) is 17.4 Å². The number of carbonyl (C=O) groups is 3. The Hall–Kier alpha value is -3.35. The summed E-state index contributed by atoms with van der Waals surface area (Å²) >= 11 is 0. The average Bonchev–Trinajstić information content (AvgIpc) is 3.49. The van der Waals surface area contributed by atoms with Crippen LogP contribution in [0.25, 0.3) is 0 Å². The minimum absolute atomic E-state index is 0.190. The van der Waals surface area contributed by atoms with Gasteiger partial charge in [0.25, 0.3) is 0 Å². The number of benzene rings is 2. The van der Waals surface area contributed by atoms with Crippen LogP contribution in [0.4, 0.5) is 11.4 Å². The minimum atomic E-state index is -0.440. The molecule has 140 valence electrons. The van der Waals surface area contributed by atoms with E-state index >= 15 is 0 Å². The Kier molecular flexibility index (Phi) is 5.40. The van der Waals surface area contributed by atoms with E-state index in [-0.39, 0.29) is 23.7 Å². The fourth-order valence-electron chi connectivity index (χ4n) is 2.75. The van der Waals surface area contributed by atoms with Crippen LogP contribution in [-0.4, -0.2) is 32.0 Å². The molecule has 1 aliphatic carbocycles. The maximum Gasteiger partial charge on any atom is 0.337 e. The minimum Gasteiger partial charge on any atom is -0.497 e. The normalized spacial score (nSPS) is 17.6. The first-order valence-electron chi connectivity index (χ1n) is 8.46. The Balaban J connectivity index is 1.53. The second-order valence-electron chi connectivity index (χ2n) is 6.23. The third-order valence-corrected chi connectivity index (χ3v) is 4.37. The van der Waals surface area contributed by atoms with E-state index in [9.17, 15) is 14.4 Å². The van der Waals surface area contributed by atoms with Gasteiger partial charge in [-0.2, -0.15) is 0 Å². The highest BCUT2D eigenvalue weighted by atomic mass is 16.5. The van der Waals surface area contributed by atoms with Crippen molar-refractivity contribution in [3.63, 3.8) is 0 Å². The van der Waals surface area contributed by atoms with E-state index in [2.05, 4.69) is 15.4 Å². The van der Waals surface area contributed by atoms with Gasteiger partial charge in [-0.05, 0) is 42.8 Å². The number of nitrogens with one attached hydrogen (secondary N) is 2. The number of amides is 2. The molecule has 0 saturated heterocycles. The summed E-state index contributed by atoms with van der Waals surface area (Å²) in [5, 5.41) is 5.57. The van der Waals surface area contributed by atoms with Gasteiger partial charge in [0.15, 0.2) is 0 Å². The molecule has 0 aromatic heterocycles. The SMILES string of the molecule is COC(=O)c1ccc(NC(=O)C2CC2C(=O)Nc2cccc(OC)c2)cc1. The van der Waals surface area contributed by atoms with Gasteiger partial charge < -0.3 is 20.1 Å². The largest absolute Gasteiger partial charge is 0.497 e. The molecule has 2 amide bonds. The highest BCUT2D eigenvalue weighted by Gasteiger charge is 2.48. The smallest absolute Gasteiger partial charge is 0.337 e. The van der Waals surface area contributed by atoms with E-state index in [1.807, 2.05) is 0 Å². The first-order chi connectivity index (χ1) is 13.0. The zero-order valence-corrected chi connectivity index (χ0v) is 15.0. The molecule has 7 heteroatoms. The molecule has 0 bridgehead atoms. The van der Waals surface area contributed by atoms with Crippen molar-refractivity contribution in [3.05, 3.63) is 54.1 Å². The predicted octanol–water partition coefficient (Wildman–Crippen LogP) is 2.70. The van der Waals surface area contributed by atoms with Crippen LogP contribution in [0, 0.1) is 11.8 Å². The molecule has 1 fully saturated rings. The van der Waals surface area contributed by atoms with Crippen molar-refractivity contribution in [2.75, 3.05) is 24.9 Å². The molecular weight excluding hydrogens is 348 g/mol. The van der Waals surface area contributed by atoms with E-state index in [0.717, 1.165) is 0 Å². The third kappa shape index (κ3) is 4.44. The monoisotopic (exact) mass is 368 g/mol. The summed E-state index contributed by atoms with van der Waals surface area (Å²) in [6.07, 6.45) is 0.502. The average molecular weight is 368 g/mol. The Labute approximate surface area is 156 Å². The van der Waals surface area contributed by atoms with Gasteiger partial charge in [0.1, 0.15) is 5.75 Å². The van der Waals surface area contributed by atoms with Gasteiger partial charge >= 0.3 is 5.97 Å². The van der Waals surface area contributed by atoms with Gasteiger partial charge in [-0.15, -0.1) is 0 Å². The Morgan fingerprint density at radius 3 is 2.11 bits per heavy atom. The van der Waals surface area contributed by atoms with Crippen molar-refractivity contribution in [3.8, 4) is 5.75 Å². The zero-order chi connectivity index (χ0) is 19.4. The molecule has 3 rings (SSSR count). The van der Waals surface area contributed by atoms with Crippen molar-refractivity contribution in [1.29, 1.82) is 0 Å². The Morgan fingerprint density at radius 1 is 0.889 bits per heavy atom. The van der Waals surface area contributed by atoms with Crippen LogP contribution in [0.3, 0.4) is 0 Å². The van der Waals surface area contributed by atoms with Crippen molar-refractivity contribution in [2.24, 2.45) is 11.8 Å². The second kappa shape index (κ2) is 7.90. The number of hydrogen-bond donors (Lipinski definition) is 2. The van der Waals surface area contributed by atoms with E-state index in [4.69, 9.17) is 4.74 Å². The standard InChI is InChI=1S/C20H20N2O5/c1-26-15-5-3-4-14(10-15)22-19(24)17-11-16(17)18(23)21-13-8-6-12(7-9-13)20(25)27-2/h3-10,16-17H,11H2,1-2H3,(H,21,23)(H,22,24). The predicted molar refractivity (Wildman–Crippen MR) is 99.6 cm³/mol. The van der Waals surface area contributed by atoms with Gasteiger partial charge in [-0.3, -0.25) is 9.59 Å². The maximum atomic E-state index is 12.3. The molecule has 0 heterocycles. The number of rotatable bonds is 6. The summed E-state index contributed by atoms with van der Waals surface area (Å²) < 4.78 is 9.75. The summed E-state index contributed by atoms with van der Waals surface area (Å²) in [4.78, 5) is 36.0. The highest BCUT2D eigenvalue weighted by molar-refractivity contribution is 6.03. The molecule has 2 atom stereocenters. The van der Waals surface area contributed by atoms with Crippen LogP contribution < -0.4 is 15.4 Å². The Bertz CT molecular complexity index is 863. The first-order valence-corrected chi connectivity index (χ1v) is 8.46. The molecule has 2 aromatic carbocycles. The lowest BCUT2D eigenvalue weighted by Crippen LogP contribution is -2.20. The third-order valence-electron chi connectivity index (χ3n) is 4.37. The number of esters is 1. The summed E-state index contributed by atoms with van der Waals surface area (Å²) in [7, 11) is 2.86. The Morgan fingerprint density at radius 2 is 1.52 bits per heavy atom.